The van der Waals surface area contributed by atoms with Crippen LogP contribution < -0.4 is 10.9 Å². The Balaban J connectivity index is 2.46. The van der Waals surface area contributed by atoms with Gasteiger partial charge in [-0.15, -0.1) is 0 Å². The average Bonchev–Trinajstić information content (AvgIpc) is 2.29. The number of thiocarbonyl (C=S) groups is 1. The Morgan fingerprint density at radius 2 is 1.88 bits per heavy atom. The van der Waals surface area contributed by atoms with E-state index in [0.29, 0.717) is 0 Å². The van der Waals surface area contributed by atoms with Crippen LogP contribution in [0.1, 0.15) is 39.5 Å². The summed E-state index contributed by atoms with van der Waals surface area (Å²) in [6.07, 6.45) is 8.51. The van der Waals surface area contributed by atoms with Gasteiger partial charge in [-0.3, -0.25) is 10.9 Å². The number of hydrazine groups is 3. The summed E-state index contributed by atoms with van der Waals surface area (Å²) >= 11 is 5.12. The third-order valence-electron chi connectivity index (χ3n) is 2.47. The molecule has 0 aromatic heterocycles. The summed E-state index contributed by atoms with van der Waals surface area (Å²) in [7, 11) is 0. The monoisotopic (exact) mass is 242 g/mol. The van der Waals surface area contributed by atoms with Gasteiger partial charge in [0.2, 0.25) is 0 Å². The van der Waals surface area contributed by atoms with Crippen molar-refractivity contribution in [3.8, 4) is 0 Å². The second kappa shape index (κ2) is 7.60. The Morgan fingerprint density at radius 1 is 1.25 bits per heavy atom. The Labute approximate surface area is 104 Å². The van der Waals surface area contributed by atoms with E-state index in [0.717, 1.165) is 18.1 Å². The maximum absolute atomic E-state index is 5.12. The van der Waals surface area contributed by atoms with Crippen LogP contribution in [0, 0.1) is 0 Å². The van der Waals surface area contributed by atoms with Crippen molar-refractivity contribution in [3.63, 3.8) is 0 Å². The molecule has 0 spiro atoms. The van der Waals surface area contributed by atoms with Crippen LogP contribution in [-0.2, 0) is 0 Å². The summed E-state index contributed by atoms with van der Waals surface area (Å²) in [6.45, 7) is 6.51. The van der Waals surface area contributed by atoms with Gasteiger partial charge in [0.1, 0.15) is 4.99 Å². The summed E-state index contributed by atoms with van der Waals surface area (Å²) < 4.78 is 0. The highest BCUT2D eigenvalue weighted by Gasteiger charge is 2.15. The second-order valence-corrected chi connectivity index (χ2v) is 4.35. The molecule has 1 heterocycles. The van der Waals surface area contributed by atoms with Crippen molar-refractivity contribution in [1.29, 1.82) is 0 Å². The number of unbranched alkanes of at least 4 members (excludes halogenated alkanes) is 2. The van der Waals surface area contributed by atoms with Crippen molar-refractivity contribution in [2.24, 2.45) is 0 Å². The molecule has 5 heteroatoms. The lowest BCUT2D eigenvalue weighted by Crippen LogP contribution is -2.60. The van der Waals surface area contributed by atoms with E-state index >= 15 is 0 Å². The smallest absolute Gasteiger partial charge is 0.117 e. The minimum absolute atomic E-state index is 0.747. The molecule has 0 radical (unpaired) electrons. The molecule has 16 heavy (non-hydrogen) atoms. The highest BCUT2D eigenvalue weighted by molar-refractivity contribution is 7.80. The minimum atomic E-state index is 0.747. The lowest BCUT2D eigenvalue weighted by molar-refractivity contribution is -0.0855. The second-order valence-electron chi connectivity index (χ2n) is 3.91. The molecule has 0 saturated heterocycles. The number of hydrogen-bond acceptors (Lipinski definition) is 4. The fraction of sp³-hybridized carbons (Fsp3) is 0.727. The van der Waals surface area contributed by atoms with Gasteiger partial charge in [0, 0.05) is 19.3 Å². The fourth-order valence-corrected chi connectivity index (χ4v) is 1.66. The molecular weight excluding hydrogens is 220 g/mol. The summed E-state index contributed by atoms with van der Waals surface area (Å²) in [5.41, 5.74) is 6.27. The number of rotatable bonds is 7. The van der Waals surface area contributed by atoms with Crippen molar-refractivity contribution in [1.82, 2.24) is 21.1 Å². The van der Waals surface area contributed by atoms with Crippen molar-refractivity contribution < 1.29 is 0 Å². The van der Waals surface area contributed by atoms with E-state index in [2.05, 4.69) is 29.7 Å². The van der Waals surface area contributed by atoms with Crippen LogP contribution in [0.15, 0.2) is 12.3 Å². The Morgan fingerprint density at radius 3 is 2.38 bits per heavy atom. The van der Waals surface area contributed by atoms with Crippen molar-refractivity contribution in [2.75, 3.05) is 13.1 Å². The van der Waals surface area contributed by atoms with E-state index in [-0.39, 0.29) is 0 Å². The molecule has 0 bridgehead atoms. The third-order valence-corrected chi connectivity index (χ3v) is 2.70. The van der Waals surface area contributed by atoms with E-state index in [4.69, 9.17) is 12.2 Å². The first-order chi connectivity index (χ1) is 7.77. The van der Waals surface area contributed by atoms with Gasteiger partial charge < -0.3 is 0 Å². The van der Waals surface area contributed by atoms with Gasteiger partial charge in [-0.1, -0.05) is 44.1 Å². The third kappa shape index (κ3) is 4.47. The summed E-state index contributed by atoms with van der Waals surface area (Å²) in [5, 5.41) is 4.16. The fourth-order valence-electron chi connectivity index (χ4n) is 1.50. The molecule has 4 nitrogen and oxygen atoms in total. The molecule has 1 aliphatic heterocycles. The molecule has 0 unspecified atom stereocenters. The highest BCUT2D eigenvalue weighted by Crippen LogP contribution is 2.02. The SMILES string of the molecule is CCCCN(CCCC)N1NC=CC(=S)N1. The molecular formula is C11H22N4S. The van der Waals surface area contributed by atoms with Crippen molar-refractivity contribution in [3.05, 3.63) is 12.3 Å². The zero-order valence-electron chi connectivity index (χ0n) is 10.2. The zero-order valence-corrected chi connectivity index (χ0v) is 11.0. The molecule has 0 amide bonds. The van der Waals surface area contributed by atoms with Gasteiger partial charge in [-0.25, -0.2) is 5.01 Å². The molecule has 0 atom stereocenters. The molecule has 1 rings (SSSR count). The summed E-state index contributed by atoms with van der Waals surface area (Å²) in [4.78, 5) is 0.747. The lowest BCUT2D eigenvalue weighted by atomic mass is 10.3. The molecule has 0 aromatic rings. The maximum atomic E-state index is 5.12. The number of hydrogen-bond donors (Lipinski definition) is 2. The lowest BCUT2D eigenvalue weighted by Gasteiger charge is -2.36. The van der Waals surface area contributed by atoms with Crippen LogP contribution in [0.2, 0.25) is 0 Å². The summed E-state index contributed by atoms with van der Waals surface area (Å²) in [6, 6.07) is 0. The van der Waals surface area contributed by atoms with Crippen LogP contribution in [-0.4, -0.2) is 28.3 Å². The number of nitrogens with zero attached hydrogens (tertiary/aromatic N) is 2. The molecule has 1 aliphatic rings. The van der Waals surface area contributed by atoms with Gasteiger partial charge in [-0.05, 0) is 18.9 Å². The van der Waals surface area contributed by atoms with Crippen LogP contribution in [0.3, 0.4) is 0 Å². The van der Waals surface area contributed by atoms with Gasteiger partial charge in [0.05, 0.1) is 0 Å². The quantitative estimate of drug-likeness (QED) is 0.667. The first-order valence-corrected chi connectivity index (χ1v) is 6.47. The summed E-state index contributed by atoms with van der Waals surface area (Å²) in [5.74, 6) is 0. The van der Waals surface area contributed by atoms with E-state index in [1.165, 1.54) is 25.7 Å². The molecule has 0 aliphatic carbocycles. The van der Waals surface area contributed by atoms with Gasteiger partial charge in [0.15, 0.2) is 0 Å². The standard InChI is InChI=1S/C11H22N4S/c1-3-5-9-14(10-6-4-2)15-12-8-7-11(16)13-15/h7-8,12H,3-6,9-10H2,1-2H3,(H,13,16). The molecule has 0 saturated carbocycles. The Hall–Kier alpha value is -0.650. The van der Waals surface area contributed by atoms with Gasteiger partial charge >= 0.3 is 0 Å². The van der Waals surface area contributed by atoms with Crippen LogP contribution in [0.4, 0.5) is 0 Å². The zero-order chi connectivity index (χ0) is 11.8. The first-order valence-electron chi connectivity index (χ1n) is 6.06. The van der Waals surface area contributed by atoms with Gasteiger partial charge in [0.25, 0.3) is 0 Å². The van der Waals surface area contributed by atoms with E-state index in [1.54, 1.807) is 0 Å². The van der Waals surface area contributed by atoms with Crippen LogP contribution in [0.25, 0.3) is 0 Å². The minimum Gasteiger partial charge on any atom is -0.294 e. The Kier molecular flexibility index (Phi) is 6.37. The molecule has 92 valence electrons. The van der Waals surface area contributed by atoms with Crippen LogP contribution in [0.5, 0.6) is 0 Å². The van der Waals surface area contributed by atoms with Crippen LogP contribution >= 0.6 is 12.2 Å². The van der Waals surface area contributed by atoms with E-state index in [1.807, 2.05) is 17.5 Å². The average molecular weight is 242 g/mol. The largest absolute Gasteiger partial charge is 0.294 e. The van der Waals surface area contributed by atoms with Crippen molar-refractivity contribution in [2.45, 2.75) is 39.5 Å². The Bertz CT molecular complexity index is 234. The first kappa shape index (κ1) is 13.4. The van der Waals surface area contributed by atoms with Gasteiger partial charge in [-0.2, -0.15) is 0 Å². The van der Waals surface area contributed by atoms with E-state index < -0.39 is 0 Å². The predicted octanol–water partition coefficient (Wildman–Crippen LogP) is 1.97. The molecule has 0 fully saturated rings. The number of nitrogens with one attached hydrogen (secondary N) is 2. The maximum Gasteiger partial charge on any atom is 0.117 e. The predicted molar refractivity (Wildman–Crippen MR) is 71.2 cm³/mol. The van der Waals surface area contributed by atoms with Crippen molar-refractivity contribution >= 4 is 17.2 Å². The molecule has 2 N–H and O–H groups in total. The molecule has 0 aromatic carbocycles. The van der Waals surface area contributed by atoms with E-state index in [9.17, 15) is 0 Å². The topological polar surface area (TPSA) is 30.5 Å². The highest BCUT2D eigenvalue weighted by atomic mass is 32.1. The normalized spacial score (nSPS) is 16.3.